The molecule has 0 saturated heterocycles. The summed E-state index contributed by atoms with van der Waals surface area (Å²) in [6, 6.07) is 5.90. The first-order chi connectivity index (χ1) is 13.5. The summed E-state index contributed by atoms with van der Waals surface area (Å²) >= 11 is 1.25. The van der Waals surface area contributed by atoms with Crippen LogP contribution in [0.4, 0.5) is 0 Å². The lowest BCUT2D eigenvalue weighted by molar-refractivity contribution is -0.119. The van der Waals surface area contributed by atoms with Crippen LogP contribution in [0.3, 0.4) is 0 Å². The molecule has 8 heteroatoms. The Morgan fingerprint density at radius 3 is 2.50 bits per heavy atom. The maximum atomic E-state index is 12.8. The van der Waals surface area contributed by atoms with Gasteiger partial charge in [-0.2, -0.15) is 0 Å². The van der Waals surface area contributed by atoms with Gasteiger partial charge in [0, 0.05) is 5.56 Å². The maximum Gasteiger partial charge on any atom is 0.434 e. The lowest BCUT2D eigenvalue weighted by atomic mass is 9.82. The Bertz CT molecular complexity index is 768. The highest BCUT2D eigenvalue weighted by atomic mass is 32.2. The van der Waals surface area contributed by atoms with Crippen molar-refractivity contribution >= 4 is 31.2 Å². The SMILES string of the molecule is CCOP(=O)(NC(=O)C1SCC(=O)c2cc(C3CCCCC3)ccc21)OCC. The monoisotopic (exact) mass is 425 g/mol. The van der Waals surface area contributed by atoms with E-state index in [0.29, 0.717) is 17.0 Å². The van der Waals surface area contributed by atoms with Crippen LogP contribution in [0.2, 0.25) is 0 Å². The summed E-state index contributed by atoms with van der Waals surface area (Å²) in [4.78, 5) is 25.4. The molecule has 1 atom stereocenters. The van der Waals surface area contributed by atoms with Gasteiger partial charge >= 0.3 is 7.75 Å². The van der Waals surface area contributed by atoms with Crippen LogP contribution in [-0.4, -0.2) is 30.7 Å². The van der Waals surface area contributed by atoms with Crippen LogP contribution >= 0.6 is 19.5 Å². The number of ketones is 1. The summed E-state index contributed by atoms with van der Waals surface area (Å²) in [6.45, 7) is 3.70. The van der Waals surface area contributed by atoms with Gasteiger partial charge in [0.2, 0.25) is 5.91 Å². The van der Waals surface area contributed by atoms with E-state index in [4.69, 9.17) is 9.05 Å². The molecule has 6 nitrogen and oxygen atoms in total. The molecule has 0 radical (unpaired) electrons. The highest BCUT2D eigenvalue weighted by molar-refractivity contribution is 8.01. The molecular formula is C20H28NO5PS. The van der Waals surface area contributed by atoms with E-state index in [1.54, 1.807) is 13.8 Å². The first-order valence-electron chi connectivity index (χ1n) is 9.97. The van der Waals surface area contributed by atoms with E-state index in [1.807, 2.05) is 18.2 Å². The van der Waals surface area contributed by atoms with E-state index in [9.17, 15) is 14.2 Å². The second-order valence-electron chi connectivity index (χ2n) is 7.10. The highest BCUT2D eigenvalue weighted by Gasteiger charge is 2.36. The zero-order valence-electron chi connectivity index (χ0n) is 16.4. The number of hydrogen-bond donors (Lipinski definition) is 1. The third kappa shape index (κ3) is 4.88. The normalized spacial score (nSPS) is 20.6. The lowest BCUT2D eigenvalue weighted by Crippen LogP contribution is -2.31. The van der Waals surface area contributed by atoms with Gasteiger partial charge in [0.1, 0.15) is 5.25 Å². The molecule has 154 valence electrons. The fourth-order valence-corrected chi connectivity index (χ4v) is 6.35. The third-order valence-corrected chi connectivity index (χ3v) is 8.12. The largest absolute Gasteiger partial charge is 0.434 e. The fourth-order valence-electron chi connectivity index (χ4n) is 3.91. The number of rotatable bonds is 7. The molecule has 1 aliphatic carbocycles. The second kappa shape index (κ2) is 9.57. The van der Waals surface area contributed by atoms with E-state index >= 15 is 0 Å². The molecule has 1 fully saturated rings. The molecule has 0 bridgehead atoms. The molecule has 1 saturated carbocycles. The van der Waals surface area contributed by atoms with Crippen molar-refractivity contribution in [3.63, 3.8) is 0 Å². The molecule has 1 aromatic rings. The summed E-state index contributed by atoms with van der Waals surface area (Å²) in [5, 5.41) is 1.83. The van der Waals surface area contributed by atoms with Crippen LogP contribution in [0.25, 0.3) is 0 Å². The van der Waals surface area contributed by atoms with Crippen LogP contribution in [0, 0.1) is 0 Å². The minimum absolute atomic E-state index is 0.0412. The molecule has 0 spiro atoms. The summed E-state index contributed by atoms with van der Waals surface area (Å²) < 4.78 is 23.0. The van der Waals surface area contributed by atoms with Crippen molar-refractivity contribution in [2.24, 2.45) is 0 Å². The van der Waals surface area contributed by atoms with Gasteiger partial charge < -0.3 is 0 Å². The van der Waals surface area contributed by atoms with Crippen LogP contribution < -0.4 is 5.09 Å². The van der Waals surface area contributed by atoms with Crippen molar-refractivity contribution in [3.8, 4) is 0 Å². The van der Waals surface area contributed by atoms with Crippen molar-refractivity contribution < 1.29 is 23.2 Å². The zero-order chi connectivity index (χ0) is 20.1. The summed E-state index contributed by atoms with van der Waals surface area (Å²) in [7, 11) is -3.70. The van der Waals surface area contributed by atoms with Gasteiger partial charge in [-0.1, -0.05) is 31.4 Å². The van der Waals surface area contributed by atoms with Crippen LogP contribution in [-0.2, 0) is 18.4 Å². The van der Waals surface area contributed by atoms with Gasteiger partial charge in [-0.25, -0.2) is 4.57 Å². The number of nitrogens with one attached hydrogen (secondary N) is 1. The molecule has 1 N–H and O–H groups in total. The lowest BCUT2D eigenvalue weighted by Gasteiger charge is -2.28. The molecule has 1 amide bonds. The third-order valence-electron chi connectivity index (χ3n) is 5.20. The highest BCUT2D eigenvalue weighted by Crippen LogP contribution is 2.46. The Hall–Kier alpha value is -1.14. The van der Waals surface area contributed by atoms with Gasteiger partial charge in [0.05, 0.1) is 19.0 Å². The molecule has 1 aromatic carbocycles. The van der Waals surface area contributed by atoms with Gasteiger partial charge in [0.15, 0.2) is 5.78 Å². The summed E-state index contributed by atoms with van der Waals surface area (Å²) in [5.74, 6) is 0.311. The maximum absolute atomic E-state index is 12.8. The van der Waals surface area contributed by atoms with Gasteiger partial charge in [-0.05, 0) is 49.8 Å². The van der Waals surface area contributed by atoms with Crippen LogP contribution in [0.5, 0.6) is 0 Å². The number of hydrogen-bond acceptors (Lipinski definition) is 6. The molecule has 28 heavy (non-hydrogen) atoms. The van der Waals surface area contributed by atoms with E-state index in [0.717, 1.165) is 12.8 Å². The van der Waals surface area contributed by atoms with Crippen molar-refractivity contribution in [2.75, 3.05) is 19.0 Å². The van der Waals surface area contributed by atoms with Gasteiger partial charge in [-0.15, -0.1) is 11.8 Å². The molecule has 3 rings (SSSR count). The Kier molecular flexibility index (Phi) is 7.37. The van der Waals surface area contributed by atoms with E-state index in [2.05, 4.69) is 5.09 Å². The smallest absolute Gasteiger partial charge is 0.293 e. The Morgan fingerprint density at radius 1 is 1.18 bits per heavy atom. The number of fused-ring (bicyclic) bond motifs is 1. The average Bonchev–Trinajstić information content (AvgIpc) is 2.69. The molecular weight excluding hydrogens is 397 g/mol. The van der Waals surface area contributed by atoms with Crippen molar-refractivity contribution in [1.82, 2.24) is 5.09 Å². The van der Waals surface area contributed by atoms with Crippen molar-refractivity contribution in [1.29, 1.82) is 0 Å². The number of Topliss-reactive ketones (excluding diaryl/α,β-unsaturated/α-hetero) is 1. The predicted molar refractivity (Wildman–Crippen MR) is 111 cm³/mol. The number of carbonyl (C=O) groups is 2. The van der Waals surface area contributed by atoms with Gasteiger partial charge in [0.25, 0.3) is 0 Å². The topological polar surface area (TPSA) is 81.7 Å². The summed E-state index contributed by atoms with van der Waals surface area (Å²) in [5.41, 5.74) is 2.48. The van der Waals surface area contributed by atoms with E-state index in [1.165, 1.54) is 36.6 Å². The van der Waals surface area contributed by atoms with E-state index < -0.39 is 18.9 Å². The van der Waals surface area contributed by atoms with Crippen LogP contribution in [0.1, 0.15) is 78.6 Å². The van der Waals surface area contributed by atoms with Gasteiger partial charge in [-0.3, -0.25) is 23.7 Å². The van der Waals surface area contributed by atoms with Crippen molar-refractivity contribution in [2.45, 2.75) is 57.1 Å². The fraction of sp³-hybridized carbons (Fsp3) is 0.600. The zero-order valence-corrected chi connectivity index (χ0v) is 18.2. The number of amides is 1. The van der Waals surface area contributed by atoms with E-state index in [-0.39, 0.29) is 24.7 Å². The molecule has 2 aliphatic rings. The van der Waals surface area contributed by atoms with Crippen LogP contribution in [0.15, 0.2) is 18.2 Å². The molecule has 0 aromatic heterocycles. The minimum atomic E-state index is -3.70. The average molecular weight is 425 g/mol. The number of carbonyl (C=O) groups excluding carboxylic acids is 2. The second-order valence-corrected chi connectivity index (χ2v) is 9.93. The minimum Gasteiger partial charge on any atom is -0.293 e. The standard InChI is InChI=1S/C20H28NO5PS/c1-3-25-27(24,26-4-2)21-20(23)19-16-11-10-15(14-8-6-5-7-9-14)12-17(16)18(22)13-28-19/h10-12,14,19H,3-9,13H2,1-2H3,(H,21,23,24). The number of benzene rings is 1. The quantitative estimate of drug-likeness (QED) is 0.619. The molecule has 1 heterocycles. The Balaban J connectivity index is 1.83. The first kappa shape index (κ1) is 21.6. The van der Waals surface area contributed by atoms with Crippen molar-refractivity contribution in [3.05, 3.63) is 34.9 Å². The Labute approximate surface area is 170 Å². The molecule has 1 aliphatic heterocycles. The molecule has 1 unspecified atom stereocenters. The number of thioether (sulfide) groups is 1. The predicted octanol–water partition coefficient (Wildman–Crippen LogP) is 5.00. The summed E-state index contributed by atoms with van der Waals surface area (Å²) in [6.07, 6.45) is 6.02. The Morgan fingerprint density at radius 2 is 1.86 bits per heavy atom. The first-order valence-corrected chi connectivity index (χ1v) is 12.6.